The molecule has 0 aliphatic carbocycles. The molecule has 1 aliphatic heterocycles. The summed E-state index contributed by atoms with van der Waals surface area (Å²) in [4.78, 5) is 25.1. The molecule has 2 aromatic carbocycles. The summed E-state index contributed by atoms with van der Waals surface area (Å²) >= 11 is 0. The van der Waals surface area contributed by atoms with Crippen molar-refractivity contribution in [1.82, 2.24) is 4.90 Å². The lowest BCUT2D eigenvalue weighted by Crippen LogP contribution is -2.45. The van der Waals surface area contributed by atoms with Crippen LogP contribution in [0.4, 0.5) is 0 Å². The fraction of sp³-hybridized carbons (Fsp3) is 0.278. The van der Waals surface area contributed by atoms with Crippen LogP contribution in [0.15, 0.2) is 36.4 Å². The SMILES string of the molecule is N#Cc1ccc(CC(=O)N2CCC(O)C2C(=O)O)c2ccccc12. The summed E-state index contributed by atoms with van der Waals surface area (Å²) in [6.45, 7) is 0.227. The summed E-state index contributed by atoms with van der Waals surface area (Å²) in [6, 6.07) is 11.6. The number of carbonyl (C=O) groups excluding carboxylic acids is 1. The minimum absolute atomic E-state index is 0.0305. The van der Waals surface area contributed by atoms with Gasteiger partial charge in [-0.3, -0.25) is 4.79 Å². The van der Waals surface area contributed by atoms with E-state index in [-0.39, 0.29) is 25.3 Å². The van der Waals surface area contributed by atoms with E-state index in [0.29, 0.717) is 5.56 Å². The van der Waals surface area contributed by atoms with Crippen LogP contribution in [-0.2, 0) is 16.0 Å². The molecule has 0 bridgehead atoms. The molecule has 0 saturated carbocycles. The lowest BCUT2D eigenvalue weighted by atomic mass is 9.98. The van der Waals surface area contributed by atoms with Crippen molar-refractivity contribution in [3.8, 4) is 6.07 Å². The highest BCUT2D eigenvalue weighted by atomic mass is 16.4. The number of rotatable bonds is 3. The molecule has 2 aromatic rings. The van der Waals surface area contributed by atoms with Gasteiger partial charge < -0.3 is 15.1 Å². The van der Waals surface area contributed by atoms with Crippen LogP contribution in [0.2, 0.25) is 0 Å². The minimum Gasteiger partial charge on any atom is -0.480 e. The second-order valence-corrected chi connectivity index (χ2v) is 5.83. The Labute approximate surface area is 138 Å². The predicted molar refractivity (Wildman–Crippen MR) is 86.1 cm³/mol. The van der Waals surface area contributed by atoms with Gasteiger partial charge in [0.15, 0.2) is 6.04 Å². The second-order valence-electron chi connectivity index (χ2n) is 5.83. The van der Waals surface area contributed by atoms with Gasteiger partial charge in [0.2, 0.25) is 5.91 Å². The average molecular weight is 324 g/mol. The third kappa shape index (κ3) is 2.70. The number of hydrogen-bond acceptors (Lipinski definition) is 4. The number of carbonyl (C=O) groups is 2. The van der Waals surface area contributed by atoms with Crippen LogP contribution in [0.3, 0.4) is 0 Å². The zero-order chi connectivity index (χ0) is 17.3. The maximum Gasteiger partial charge on any atom is 0.329 e. The molecule has 0 radical (unpaired) electrons. The molecule has 2 unspecified atom stereocenters. The van der Waals surface area contributed by atoms with Crippen molar-refractivity contribution in [2.24, 2.45) is 0 Å². The first-order valence-electron chi connectivity index (χ1n) is 7.64. The van der Waals surface area contributed by atoms with Crippen LogP contribution in [0.1, 0.15) is 17.5 Å². The quantitative estimate of drug-likeness (QED) is 0.886. The van der Waals surface area contributed by atoms with Gasteiger partial charge in [-0.25, -0.2) is 4.79 Å². The zero-order valence-corrected chi connectivity index (χ0v) is 12.8. The van der Waals surface area contributed by atoms with E-state index in [4.69, 9.17) is 0 Å². The minimum atomic E-state index is -1.20. The topological polar surface area (TPSA) is 102 Å². The maximum absolute atomic E-state index is 12.6. The molecule has 24 heavy (non-hydrogen) atoms. The Kier molecular flexibility index (Phi) is 4.19. The molecule has 1 fully saturated rings. The third-order valence-corrected chi connectivity index (χ3v) is 4.42. The molecule has 1 heterocycles. The van der Waals surface area contributed by atoms with Crippen molar-refractivity contribution in [2.45, 2.75) is 25.0 Å². The van der Waals surface area contributed by atoms with Crippen molar-refractivity contribution < 1.29 is 19.8 Å². The molecule has 6 nitrogen and oxygen atoms in total. The number of nitriles is 1. The van der Waals surface area contributed by atoms with Gasteiger partial charge in [-0.1, -0.05) is 30.3 Å². The lowest BCUT2D eigenvalue weighted by molar-refractivity contribution is -0.150. The zero-order valence-electron chi connectivity index (χ0n) is 12.8. The maximum atomic E-state index is 12.6. The molecule has 122 valence electrons. The molecule has 2 atom stereocenters. The Morgan fingerprint density at radius 2 is 1.92 bits per heavy atom. The third-order valence-electron chi connectivity index (χ3n) is 4.42. The van der Waals surface area contributed by atoms with Crippen LogP contribution in [0.25, 0.3) is 10.8 Å². The molecule has 3 rings (SSSR count). The van der Waals surface area contributed by atoms with Gasteiger partial charge in [-0.2, -0.15) is 5.26 Å². The van der Waals surface area contributed by atoms with E-state index in [2.05, 4.69) is 6.07 Å². The number of hydrogen-bond donors (Lipinski definition) is 2. The predicted octanol–water partition coefficient (Wildman–Crippen LogP) is 1.30. The number of benzene rings is 2. The van der Waals surface area contributed by atoms with Gasteiger partial charge in [0, 0.05) is 6.54 Å². The van der Waals surface area contributed by atoms with E-state index in [9.17, 15) is 25.1 Å². The van der Waals surface area contributed by atoms with E-state index in [0.717, 1.165) is 16.3 Å². The number of likely N-dealkylation sites (tertiary alicyclic amines) is 1. The number of fused-ring (bicyclic) bond motifs is 1. The summed E-state index contributed by atoms with van der Waals surface area (Å²) in [7, 11) is 0. The standard InChI is InChI=1S/C18H16N2O4/c19-10-12-6-5-11(13-3-1-2-4-14(12)13)9-16(22)20-8-7-15(21)17(20)18(23)24/h1-6,15,17,21H,7-9H2,(H,23,24). The Morgan fingerprint density at radius 3 is 2.58 bits per heavy atom. The first-order chi connectivity index (χ1) is 11.5. The van der Waals surface area contributed by atoms with Crippen LogP contribution >= 0.6 is 0 Å². The fourth-order valence-corrected chi connectivity index (χ4v) is 3.23. The van der Waals surface area contributed by atoms with Gasteiger partial charge in [0.05, 0.1) is 24.2 Å². The monoisotopic (exact) mass is 324 g/mol. The van der Waals surface area contributed by atoms with Crippen LogP contribution < -0.4 is 0 Å². The first kappa shape index (κ1) is 16.0. The molecular weight excluding hydrogens is 308 g/mol. The van der Waals surface area contributed by atoms with Crippen molar-refractivity contribution in [2.75, 3.05) is 6.54 Å². The molecule has 6 heteroatoms. The first-order valence-corrected chi connectivity index (χ1v) is 7.64. The number of amides is 1. The number of aliphatic hydroxyl groups is 1. The highest BCUT2D eigenvalue weighted by Crippen LogP contribution is 2.25. The molecule has 1 amide bonds. The summed E-state index contributed by atoms with van der Waals surface area (Å²) < 4.78 is 0. The van der Waals surface area contributed by atoms with E-state index >= 15 is 0 Å². The van der Waals surface area contributed by atoms with E-state index in [1.807, 2.05) is 24.3 Å². The van der Waals surface area contributed by atoms with Crippen molar-refractivity contribution in [3.05, 3.63) is 47.5 Å². The molecular formula is C18H16N2O4. The Balaban J connectivity index is 1.92. The van der Waals surface area contributed by atoms with Gasteiger partial charge in [0.1, 0.15) is 0 Å². The van der Waals surface area contributed by atoms with Crippen LogP contribution in [-0.4, -0.2) is 45.7 Å². The highest BCUT2D eigenvalue weighted by Gasteiger charge is 2.40. The molecule has 1 aliphatic rings. The number of aliphatic carboxylic acids is 1. The van der Waals surface area contributed by atoms with Gasteiger partial charge in [0.25, 0.3) is 0 Å². The highest BCUT2D eigenvalue weighted by molar-refractivity contribution is 5.94. The fourth-order valence-electron chi connectivity index (χ4n) is 3.23. The van der Waals surface area contributed by atoms with Gasteiger partial charge in [-0.05, 0) is 28.8 Å². The lowest BCUT2D eigenvalue weighted by Gasteiger charge is -2.23. The summed E-state index contributed by atoms with van der Waals surface area (Å²) in [6.07, 6.45) is -0.747. The molecule has 0 spiro atoms. The number of nitrogens with zero attached hydrogens (tertiary/aromatic N) is 2. The largest absolute Gasteiger partial charge is 0.480 e. The van der Waals surface area contributed by atoms with Crippen molar-refractivity contribution in [3.63, 3.8) is 0 Å². The van der Waals surface area contributed by atoms with Crippen LogP contribution in [0, 0.1) is 11.3 Å². The van der Waals surface area contributed by atoms with E-state index in [1.54, 1.807) is 12.1 Å². The average Bonchev–Trinajstić information content (AvgIpc) is 2.97. The summed E-state index contributed by atoms with van der Waals surface area (Å²) in [5.41, 5.74) is 1.27. The van der Waals surface area contributed by atoms with Crippen molar-refractivity contribution >= 4 is 22.6 Å². The Hall–Kier alpha value is -2.91. The molecule has 2 N–H and O–H groups in total. The Bertz CT molecular complexity index is 856. The van der Waals surface area contributed by atoms with Crippen LogP contribution in [0.5, 0.6) is 0 Å². The second kappa shape index (κ2) is 6.30. The van der Waals surface area contributed by atoms with E-state index in [1.165, 1.54) is 4.90 Å². The molecule has 1 saturated heterocycles. The number of carboxylic acids is 1. The van der Waals surface area contributed by atoms with Gasteiger partial charge in [-0.15, -0.1) is 0 Å². The number of carboxylic acid groups (broad SMARTS) is 1. The normalized spacial score (nSPS) is 20.1. The summed E-state index contributed by atoms with van der Waals surface area (Å²) in [5.74, 6) is -1.54. The Morgan fingerprint density at radius 1 is 1.21 bits per heavy atom. The van der Waals surface area contributed by atoms with Gasteiger partial charge >= 0.3 is 5.97 Å². The van der Waals surface area contributed by atoms with E-state index < -0.39 is 18.1 Å². The van der Waals surface area contributed by atoms with Crippen molar-refractivity contribution in [1.29, 1.82) is 5.26 Å². The number of aliphatic hydroxyl groups excluding tert-OH is 1. The molecule has 0 aromatic heterocycles. The smallest absolute Gasteiger partial charge is 0.329 e. The summed E-state index contributed by atoms with van der Waals surface area (Å²) in [5, 5.41) is 29.7.